The minimum absolute atomic E-state index is 0.0105. The SMILES string of the molecule is COc1cccc(Cc2nsc(N3CCCC(C(=O)NC(C)CCc4ccccc4)C3)n2)c1. The number of aromatic nitrogens is 2. The third-order valence-corrected chi connectivity index (χ3v) is 6.93. The fourth-order valence-corrected chi connectivity index (χ4v) is 4.96. The predicted octanol–water partition coefficient (Wildman–Crippen LogP) is 4.49. The predicted molar refractivity (Wildman–Crippen MR) is 133 cm³/mol. The maximum absolute atomic E-state index is 12.9. The molecule has 0 bridgehead atoms. The van der Waals surface area contributed by atoms with Gasteiger partial charge < -0.3 is 15.0 Å². The zero-order valence-electron chi connectivity index (χ0n) is 19.4. The Bertz CT molecular complexity index is 1040. The summed E-state index contributed by atoms with van der Waals surface area (Å²) in [7, 11) is 1.67. The molecule has 3 aromatic rings. The quantitative estimate of drug-likeness (QED) is 0.505. The standard InChI is InChI=1S/C26H32N4O2S/c1-19(13-14-20-8-4-3-5-9-20)27-25(31)22-11-7-15-30(18-22)26-28-24(29-33-26)17-21-10-6-12-23(16-21)32-2/h3-6,8-10,12,16,19,22H,7,11,13-15,17-18H2,1-2H3,(H,27,31). The van der Waals surface area contributed by atoms with Gasteiger partial charge in [-0.1, -0.05) is 42.5 Å². The third kappa shape index (κ3) is 6.54. The maximum Gasteiger partial charge on any atom is 0.225 e. The zero-order valence-corrected chi connectivity index (χ0v) is 20.2. The number of aryl methyl sites for hydroxylation is 1. The number of piperidine rings is 1. The summed E-state index contributed by atoms with van der Waals surface area (Å²) in [6.45, 7) is 3.71. The Labute approximate surface area is 200 Å². The van der Waals surface area contributed by atoms with Crippen LogP contribution in [-0.2, 0) is 17.6 Å². The number of ether oxygens (including phenoxy) is 1. The number of nitrogens with zero attached hydrogens (tertiary/aromatic N) is 3. The number of methoxy groups -OCH3 is 1. The lowest BCUT2D eigenvalue weighted by Gasteiger charge is -2.32. The van der Waals surface area contributed by atoms with Crippen LogP contribution in [0.15, 0.2) is 54.6 Å². The van der Waals surface area contributed by atoms with Gasteiger partial charge in [0.05, 0.1) is 13.0 Å². The van der Waals surface area contributed by atoms with Gasteiger partial charge in [-0.2, -0.15) is 4.37 Å². The monoisotopic (exact) mass is 464 g/mol. The molecule has 1 aliphatic heterocycles. The lowest BCUT2D eigenvalue weighted by molar-refractivity contribution is -0.125. The Balaban J connectivity index is 1.29. The van der Waals surface area contributed by atoms with E-state index in [0.717, 1.165) is 54.5 Å². The third-order valence-electron chi connectivity index (χ3n) is 6.11. The van der Waals surface area contributed by atoms with Crippen LogP contribution < -0.4 is 15.0 Å². The number of hydrogen-bond acceptors (Lipinski definition) is 6. The van der Waals surface area contributed by atoms with Gasteiger partial charge in [0.15, 0.2) is 0 Å². The van der Waals surface area contributed by atoms with Crippen molar-refractivity contribution in [3.63, 3.8) is 0 Å². The molecule has 2 unspecified atom stereocenters. The maximum atomic E-state index is 12.9. The molecule has 1 saturated heterocycles. The number of carbonyl (C=O) groups is 1. The summed E-state index contributed by atoms with van der Waals surface area (Å²) in [5.74, 6) is 1.79. The van der Waals surface area contributed by atoms with Gasteiger partial charge in [0.2, 0.25) is 11.0 Å². The highest BCUT2D eigenvalue weighted by Crippen LogP contribution is 2.26. The van der Waals surface area contributed by atoms with Gasteiger partial charge in [-0.25, -0.2) is 4.98 Å². The molecule has 1 fully saturated rings. The first-order chi connectivity index (χ1) is 16.1. The highest BCUT2D eigenvalue weighted by atomic mass is 32.1. The molecule has 7 heteroatoms. The Morgan fingerprint density at radius 1 is 1.21 bits per heavy atom. The van der Waals surface area contributed by atoms with E-state index >= 15 is 0 Å². The average molecular weight is 465 g/mol. The van der Waals surface area contributed by atoms with Gasteiger partial charge in [-0.05, 0) is 55.9 Å². The Hall–Kier alpha value is -2.93. The van der Waals surface area contributed by atoms with Crippen LogP contribution in [0.1, 0.15) is 43.1 Å². The van der Waals surface area contributed by atoms with Gasteiger partial charge >= 0.3 is 0 Å². The molecule has 174 valence electrons. The second kappa shape index (κ2) is 11.3. The van der Waals surface area contributed by atoms with Crippen LogP contribution in [-0.4, -0.2) is 41.5 Å². The number of benzene rings is 2. The minimum atomic E-state index is -0.0105. The molecule has 4 rings (SSSR count). The summed E-state index contributed by atoms with van der Waals surface area (Å²) < 4.78 is 9.87. The molecule has 6 nitrogen and oxygen atoms in total. The normalized spacial score (nSPS) is 16.9. The van der Waals surface area contributed by atoms with Crippen molar-refractivity contribution in [2.24, 2.45) is 5.92 Å². The first-order valence-electron chi connectivity index (χ1n) is 11.7. The summed E-state index contributed by atoms with van der Waals surface area (Å²) in [5.41, 5.74) is 2.43. The summed E-state index contributed by atoms with van der Waals surface area (Å²) >= 11 is 1.42. The Morgan fingerprint density at radius 2 is 2.03 bits per heavy atom. The van der Waals surface area contributed by atoms with Crippen LogP contribution in [0.25, 0.3) is 0 Å². The van der Waals surface area contributed by atoms with Crippen LogP contribution in [0.4, 0.5) is 5.13 Å². The van der Waals surface area contributed by atoms with Crippen molar-refractivity contribution in [3.8, 4) is 5.75 Å². The number of hydrogen-bond donors (Lipinski definition) is 1. The van der Waals surface area contributed by atoms with E-state index in [-0.39, 0.29) is 17.9 Å². The van der Waals surface area contributed by atoms with Crippen LogP contribution in [0.3, 0.4) is 0 Å². The van der Waals surface area contributed by atoms with E-state index in [1.54, 1.807) is 7.11 Å². The Kier molecular flexibility index (Phi) is 7.94. The molecule has 33 heavy (non-hydrogen) atoms. The van der Waals surface area contributed by atoms with E-state index in [0.29, 0.717) is 13.0 Å². The van der Waals surface area contributed by atoms with E-state index in [9.17, 15) is 4.79 Å². The molecule has 0 spiro atoms. The van der Waals surface area contributed by atoms with E-state index in [1.165, 1.54) is 17.1 Å². The summed E-state index contributed by atoms with van der Waals surface area (Å²) in [4.78, 5) is 19.9. The molecule has 2 atom stereocenters. The van der Waals surface area contributed by atoms with E-state index in [2.05, 4.69) is 51.8 Å². The first kappa shape index (κ1) is 23.2. The van der Waals surface area contributed by atoms with Crippen LogP contribution in [0, 0.1) is 5.92 Å². The highest BCUT2D eigenvalue weighted by Gasteiger charge is 2.28. The van der Waals surface area contributed by atoms with Crippen LogP contribution >= 0.6 is 11.5 Å². The molecule has 1 aliphatic rings. The lowest BCUT2D eigenvalue weighted by atomic mass is 9.96. The molecular formula is C26H32N4O2S. The largest absolute Gasteiger partial charge is 0.497 e. The second-order valence-corrected chi connectivity index (χ2v) is 9.47. The summed E-state index contributed by atoms with van der Waals surface area (Å²) in [6.07, 6.45) is 4.49. The average Bonchev–Trinajstić information content (AvgIpc) is 3.32. The smallest absolute Gasteiger partial charge is 0.225 e. The minimum Gasteiger partial charge on any atom is -0.497 e. The molecule has 0 aliphatic carbocycles. The molecule has 0 saturated carbocycles. The number of rotatable bonds is 9. The number of anilines is 1. The fourth-order valence-electron chi connectivity index (χ4n) is 4.24. The van der Waals surface area contributed by atoms with Gasteiger partial charge in [-0.3, -0.25) is 4.79 Å². The van der Waals surface area contributed by atoms with Crippen LogP contribution in [0.5, 0.6) is 5.75 Å². The zero-order chi connectivity index (χ0) is 23.0. The molecule has 1 aromatic heterocycles. The van der Waals surface area contributed by atoms with Gasteiger partial charge in [0.1, 0.15) is 11.6 Å². The van der Waals surface area contributed by atoms with E-state index in [1.807, 2.05) is 24.3 Å². The van der Waals surface area contributed by atoms with Crippen molar-refractivity contribution < 1.29 is 9.53 Å². The van der Waals surface area contributed by atoms with Crippen molar-refractivity contribution >= 4 is 22.6 Å². The van der Waals surface area contributed by atoms with E-state index in [4.69, 9.17) is 9.72 Å². The van der Waals surface area contributed by atoms with Crippen molar-refractivity contribution in [3.05, 3.63) is 71.5 Å². The topological polar surface area (TPSA) is 67.3 Å². The molecular weight excluding hydrogens is 432 g/mol. The van der Waals surface area contributed by atoms with Crippen molar-refractivity contribution in [1.82, 2.24) is 14.7 Å². The van der Waals surface area contributed by atoms with Crippen molar-refractivity contribution in [2.75, 3.05) is 25.1 Å². The van der Waals surface area contributed by atoms with Gasteiger partial charge in [0.25, 0.3) is 0 Å². The molecule has 2 aromatic carbocycles. The van der Waals surface area contributed by atoms with Crippen molar-refractivity contribution in [2.45, 2.75) is 45.1 Å². The number of amides is 1. The highest BCUT2D eigenvalue weighted by molar-refractivity contribution is 7.09. The van der Waals surface area contributed by atoms with Crippen LogP contribution in [0.2, 0.25) is 0 Å². The second-order valence-electron chi connectivity index (χ2n) is 8.74. The van der Waals surface area contributed by atoms with Crippen molar-refractivity contribution in [1.29, 1.82) is 0 Å². The lowest BCUT2D eigenvalue weighted by Crippen LogP contribution is -2.45. The molecule has 0 radical (unpaired) electrons. The number of nitrogens with one attached hydrogen (secondary N) is 1. The molecule has 1 amide bonds. The fraction of sp³-hybridized carbons (Fsp3) is 0.423. The summed E-state index contributed by atoms with van der Waals surface area (Å²) in [5, 5.41) is 4.14. The summed E-state index contributed by atoms with van der Waals surface area (Å²) in [6, 6.07) is 18.6. The first-order valence-corrected chi connectivity index (χ1v) is 12.4. The van der Waals surface area contributed by atoms with Gasteiger partial charge in [0, 0.05) is 37.1 Å². The molecule has 1 N–H and O–H groups in total. The Morgan fingerprint density at radius 3 is 2.85 bits per heavy atom. The van der Waals surface area contributed by atoms with E-state index < -0.39 is 0 Å². The number of carbonyl (C=O) groups excluding carboxylic acids is 1. The molecule has 2 heterocycles. The van der Waals surface area contributed by atoms with Gasteiger partial charge in [-0.15, -0.1) is 0 Å².